The highest BCUT2D eigenvalue weighted by Gasteiger charge is 2.11. The van der Waals surface area contributed by atoms with Crippen molar-refractivity contribution < 1.29 is 9.32 Å². The average molecular weight is 269 g/mol. The fourth-order valence-electron chi connectivity index (χ4n) is 1.80. The molecule has 0 aliphatic heterocycles. The van der Waals surface area contributed by atoms with Crippen LogP contribution in [0.5, 0.6) is 5.75 Å². The van der Waals surface area contributed by atoms with Crippen molar-refractivity contribution in [1.29, 1.82) is 0 Å². The van der Waals surface area contributed by atoms with Crippen LogP contribution in [0.25, 0.3) is 0 Å². The molecule has 0 aliphatic rings. The molecule has 0 aliphatic carbocycles. The number of phenolic OH excluding ortho intramolecular Hbond substituents is 1. The summed E-state index contributed by atoms with van der Waals surface area (Å²) in [4.78, 5) is 0. The van der Waals surface area contributed by atoms with E-state index in [-0.39, 0.29) is 11.3 Å². The number of hydrogen-bond acceptors (Lipinski definition) is 3. The van der Waals surface area contributed by atoms with Gasteiger partial charge in [0.1, 0.15) is 5.75 Å². The second-order valence-electron chi connectivity index (χ2n) is 4.84. The third-order valence-electron chi connectivity index (χ3n) is 3.22. The summed E-state index contributed by atoms with van der Waals surface area (Å²) >= 11 is 0. The van der Waals surface area contributed by atoms with E-state index in [9.17, 15) is 9.32 Å². The van der Waals surface area contributed by atoms with Crippen molar-refractivity contribution in [3.8, 4) is 5.75 Å². The highest BCUT2D eigenvalue weighted by molar-refractivity contribution is 7.84. The molecule has 0 amide bonds. The average Bonchev–Trinajstić information content (AvgIpc) is 2.31. The molecule has 0 spiro atoms. The first-order valence-corrected chi connectivity index (χ1v) is 7.89. The zero-order valence-electron chi connectivity index (χ0n) is 11.6. The third-order valence-corrected chi connectivity index (χ3v) is 4.59. The molecule has 0 fully saturated rings. The Morgan fingerprint density at radius 2 is 2.06 bits per heavy atom. The number of benzene rings is 1. The molecule has 0 bridgehead atoms. The molecule has 1 aromatic rings. The summed E-state index contributed by atoms with van der Waals surface area (Å²) in [6, 6.07) is 5.72. The molecule has 3 unspecified atom stereocenters. The van der Waals surface area contributed by atoms with Crippen LogP contribution in [0.4, 0.5) is 0 Å². The van der Waals surface area contributed by atoms with Gasteiger partial charge in [-0.25, -0.2) is 0 Å². The van der Waals surface area contributed by atoms with Gasteiger partial charge < -0.3 is 10.4 Å². The number of hydrogen-bond donors (Lipinski definition) is 2. The highest BCUT2D eigenvalue weighted by Crippen LogP contribution is 2.24. The Morgan fingerprint density at radius 1 is 1.39 bits per heavy atom. The molecule has 0 aromatic heterocycles. The van der Waals surface area contributed by atoms with E-state index in [0.29, 0.717) is 5.75 Å². The molecule has 0 heterocycles. The van der Waals surface area contributed by atoms with Gasteiger partial charge in [0.05, 0.1) is 0 Å². The van der Waals surface area contributed by atoms with Crippen LogP contribution in [-0.2, 0) is 10.8 Å². The topological polar surface area (TPSA) is 49.3 Å². The lowest BCUT2D eigenvalue weighted by molar-refractivity contribution is 0.451. The summed E-state index contributed by atoms with van der Waals surface area (Å²) in [6.07, 6.45) is 2.61. The van der Waals surface area contributed by atoms with Crippen molar-refractivity contribution in [2.75, 3.05) is 12.8 Å². The summed E-state index contributed by atoms with van der Waals surface area (Å²) in [5.41, 5.74) is 2.06. The number of rotatable bonds is 6. The molecule has 1 rings (SSSR count). The van der Waals surface area contributed by atoms with Crippen molar-refractivity contribution in [2.45, 2.75) is 38.5 Å². The summed E-state index contributed by atoms with van der Waals surface area (Å²) in [7, 11) is -0.767. The minimum Gasteiger partial charge on any atom is -0.508 e. The molecule has 102 valence electrons. The lowest BCUT2D eigenvalue weighted by atomic mass is 10.0. The molecule has 1 aromatic carbocycles. The molecule has 0 saturated heterocycles. The maximum Gasteiger partial charge on any atom is 0.120 e. The predicted octanol–water partition coefficient (Wildman–Crippen LogP) is 2.51. The third kappa shape index (κ3) is 4.42. The van der Waals surface area contributed by atoms with Crippen LogP contribution in [-0.4, -0.2) is 27.4 Å². The van der Waals surface area contributed by atoms with Crippen LogP contribution in [0.1, 0.15) is 37.4 Å². The number of phenols is 1. The van der Waals surface area contributed by atoms with Crippen LogP contribution in [0.3, 0.4) is 0 Å². The van der Waals surface area contributed by atoms with Crippen LogP contribution >= 0.6 is 0 Å². The van der Waals surface area contributed by atoms with E-state index in [1.807, 2.05) is 32.9 Å². The van der Waals surface area contributed by atoms with Gasteiger partial charge in [-0.2, -0.15) is 0 Å². The fraction of sp³-hybridized carbons (Fsp3) is 0.571. The van der Waals surface area contributed by atoms with Gasteiger partial charge in [0.2, 0.25) is 0 Å². The molecule has 4 heteroatoms. The summed E-state index contributed by atoms with van der Waals surface area (Å²) in [5, 5.41) is 13.4. The van der Waals surface area contributed by atoms with E-state index >= 15 is 0 Å². The smallest absolute Gasteiger partial charge is 0.120 e. The Hall–Kier alpha value is -0.870. The predicted molar refractivity (Wildman–Crippen MR) is 77.4 cm³/mol. The summed E-state index contributed by atoms with van der Waals surface area (Å²) in [6.45, 7) is 6.84. The van der Waals surface area contributed by atoms with Gasteiger partial charge in [0, 0.05) is 33.9 Å². The van der Waals surface area contributed by atoms with Gasteiger partial charge in [-0.15, -0.1) is 0 Å². The van der Waals surface area contributed by atoms with E-state index in [4.69, 9.17) is 0 Å². The van der Waals surface area contributed by atoms with Crippen molar-refractivity contribution in [1.82, 2.24) is 5.32 Å². The fourth-order valence-corrected chi connectivity index (χ4v) is 2.25. The molecule has 18 heavy (non-hydrogen) atoms. The minimum absolute atomic E-state index is 0.0994. The Labute approximate surface area is 112 Å². The SMILES string of the molecule is Cc1ccc(O)c(C(C)NCCC(C)S(C)=O)c1. The van der Waals surface area contributed by atoms with Gasteiger partial charge in [-0.1, -0.05) is 24.6 Å². The van der Waals surface area contributed by atoms with Crippen molar-refractivity contribution in [3.05, 3.63) is 29.3 Å². The molecule has 3 nitrogen and oxygen atoms in total. The van der Waals surface area contributed by atoms with Gasteiger partial charge in [-0.05, 0) is 32.9 Å². The second kappa shape index (κ2) is 6.90. The minimum atomic E-state index is -0.767. The quantitative estimate of drug-likeness (QED) is 0.834. The zero-order valence-corrected chi connectivity index (χ0v) is 12.4. The van der Waals surface area contributed by atoms with Crippen molar-refractivity contribution >= 4 is 10.8 Å². The van der Waals surface area contributed by atoms with Crippen LogP contribution in [0, 0.1) is 6.92 Å². The first-order chi connectivity index (χ1) is 8.41. The molecular formula is C14H23NO2S. The Kier molecular flexibility index (Phi) is 5.82. The van der Waals surface area contributed by atoms with Crippen LogP contribution < -0.4 is 5.32 Å². The molecule has 2 N–H and O–H groups in total. The summed E-state index contributed by atoms with van der Waals surface area (Å²) < 4.78 is 11.2. The van der Waals surface area contributed by atoms with Gasteiger partial charge in [0.25, 0.3) is 0 Å². The molecule has 3 atom stereocenters. The lowest BCUT2D eigenvalue weighted by Gasteiger charge is -2.17. The molecule has 0 saturated carbocycles. The second-order valence-corrected chi connectivity index (χ2v) is 6.64. The zero-order chi connectivity index (χ0) is 13.7. The van der Waals surface area contributed by atoms with Gasteiger partial charge in [0.15, 0.2) is 0 Å². The number of aryl methyl sites for hydroxylation is 1. The normalized spacial score (nSPS) is 16.2. The molecular weight excluding hydrogens is 246 g/mol. The number of nitrogens with one attached hydrogen (secondary N) is 1. The van der Waals surface area contributed by atoms with Gasteiger partial charge >= 0.3 is 0 Å². The standard InChI is InChI=1S/C14H23NO2S/c1-10-5-6-14(16)13(9-10)12(3)15-8-7-11(2)18(4)17/h5-6,9,11-12,15-16H,7-8H2,1-4H3. The Bertz CT molecular complexity index is 420. The van der Waals surface area contributed by atoms with Crippen LogP contribution in [0.15, 0.2) is 18.2 Å². The highest BCUT2D eigenvalue weighted by atomic mass is 32.2. The van der Waals surface area contributed by atoms with E-state index in [2.05, 4.69) is 5.32 Å². The van der Waals surface area contributed by atoms with E-state index < -0.39 is 10.8 Å². The van der Waals surface area contributed by atoms with E-state index in [0.717, 1.165) is 24.1 Å². The number of aromatic hydroxyl groups is 1. The monoisotopic (exact) mass is 269 g/mol. The largest absolute Gasteiger partial charge is 0.508 e. The Balaban J connectivity index is 2.52. The Morgan fingerprint density at radius 3 is 2.67 bits per heavy atom. The molecule has 0 radical (unpaired) electrons. The first-order valence-electron chi connectivity index (χ1n) is 6.27. The lowest BCUT2D eigenvalue weighted by Crippen LogP contribution is -2.24. The van der Waals surface area contributed by atoms with Crippen molar-refractivity contribution in [3.63, 3.8) is 0 Å². The first kappa shape index (κ1) is 15.2. The van der Waals surface area contributed by atoms with Crippen LogP contribution in [0.2, 0.25) is 0 Å². The van der Waals surface area contributed by atoms with Gasteiger partial charge in [-0.3, -0.25) is 4.21 Å². The summed E-state index contributed by atoms with van der Waals surface area (Å²) in [5.74, 6) is 0.327. The van der Waals surface area contributed by atoms with E-state index in [1.54, 1.807) is 12.3 Å². The maximum atomic E-state index is 11.2. The maximum absolute atomic E-state index is 11.2. The van der Waals surface area contributed by atoms with E-state index in [1.165, 1.54) is 0 Å². The van der Waals surface area contributed by atoms with Crippen molar-refractivity contribution in [2.24, 2.45) is 0 Å².